The molecule has 1 atom stereocenters. The van der Waals surface area contributed by atoms with Gasteiger partial charge in [-0.05, 0) is 36.2 Å². The van der Waals surface area contributed by atoms with E-state index in [-0.39, 0.29) is 6.04 Å². The minimum Gasteiger partial charge on any atom is -0.271 e. The van der Waals surface area contributed by atoms with E-state index in [1.807, 2.05) is 0 Å². The van der Waals surface area contributed by atoms with Crippen LogP contribution in [0.25, 0.3) is 0 Å². The molecule has 1 unspecified atom stereocenters. The second-order valence-corrected chi connectivity index (χ2v) is 5.65. The van der Waals surface area contributed by atoms with E-state index in [9.17, 15) is 0 Å². The Bertz CT molecular complexity index is 309. The Labute approximate surface area is 102 Å². The fourth-order valence-electron chi connectivity index (χ4n) is 1.64. The topological polar surface area (TPSA) is 63.8 Å². The van der Waals surface area contributed by atoms with Crippen molar-refractivity contribution in [1.82, 2.24) is 15.0 Å². The molecule has 4 nitrogen and oxygen atoms in total. The number of nitrogens with zero attached hydrogens (tertiary/aromatic N) is 2. The first-order valence-corrected chi connectivity index (χ1v) is 6.61. The minimum absolute atomic E-state index is 0.194. The molecular weight excluding hydrogens is 220 g/mol. The predicted molar refractivity (Wildman–Crippen MR) is 68.1 cm³/mol. The molecule has 1 aromatic heterocycles. The summed E-state index contributed by atoms with van der Waals surface area (Å²) in [5.41, 5.74) is 3.97. The van der Waals surface area contributed by atoms with Crippen LogP contribution in [-0.4, -0.2) is 9.59 Å². The van der Waals surface area contributed by atoms with E-state index in [1.54, 1.807) is 0 Å². The first kappa shape index (κ1) is 13.5. The van der Waals surface area contributed by atoms with Gasteiger partial charge in [0.25, 0.3) is 0 Å². The molecule has 5 heteroatoms. The molecule has 0 amide bonds. The lowest BCUT2D eigenvalue weighted by molar-refractivity contribution is 0.449. The highest BCUT2D eigenvalue weighted by Gasteiger charge is 2.20. The first-order valence-electron chi connectivity index (χ1n) is 5.84. The first-order chi connectivity index (χ1) is 7.56. The quantitative estimate of drug-likeness (QED) is 0.594. The Morgan fingerprint density at radius 2 is 1.94 bits per heavy atom. The van der Waals surface area contributed by atoms with Crippen molar-refractivity contribution in [2.75, 3.05) is 0 Å². The summed E-state index contributed by atoms with van der Waals surface area (Å²) < 4.78 is 4.04. The van der Waals surface area contributed by atoms with Crippen molar-refractivity contribution < 1.29 is 0 Å². The molecule has 0 bridgehead atoms. The Balaban J connectivity index is 2.74. The molecule has 1 aromatic rings. The van der Waals surface area contributed by atoms with Crippen LogP contribution in [0.4, 0.5) is 0 Å². The van der Waals surface area contributed by atoms with Gasteiger partial charge >= 0.3 is 0 Å². The lowest BCUT2D eigenvalue weighted by atomic mass is 9.99. The van der Waals surface area contributed by atoms with Gasteiger partial charge in [-0.25, -0.2) is 0 Å². The monoisotopic (exact) mass is 242 g/mol. The Kier molecular flexibility index (Phi) is 5.31. The van der Waals surface area contributed by atoms with E-state index in [1.165, 1.54) is 16.4 Å². The van der Waals surface area contributed by atoms with Gasteiger partial charge in [-0.2, -0.15) is 0 Å². The van der Waals surface area contributed by atoms with Crippen LogP contribution in [0, 0.1) is 5.92 Å². The third-order valence-electron chi connectivity index (χ3n) is 2.64. The van der Waals surface area contributed by atoms with Crippen molar-refractivity contribution in [2.24, 2.45) is 11.8 Å². The molecule has 0 fully saturated rings. The van der Waals surface area contributed by atoms with Crippen molar-refractivity contribution in [2.45, 2.75) is 52.5 Å². The Morgan fingerprint density at radius 3 is 2.44 bits per heavy atom. The zero-order chi connectivity index (χ0) is 12.1. The van der Waals surface area contributed by atoms with Gasteiger partial charge < -0.3 is 0 Å². The summed E-state index contributed by atoms with van der Waals surface area (Å²) in [5.74, 6) is 6.72. The molecule has 0 aliphatic heterocycles. The largest absolute Gasteiger partial charge is 0.271 e. The molecule has 0 aliphatic carbocycles. The Hall–Kier alpha value is -0.520. The number of nitrogens with one attached hydrogen (secondary N) is 1. The smallest absolute Gasteiger partial charge is 0.0829 e. The normalized spacial score (nSPS) is 13.7. The maximum atomic E-state index is 5.62. The maximum Gasteiger partial charge on any atom is 0.0829 e. The van der Waals surface area contributed by atoms with E-state index < -0.39 is 0 Å². The second-order valence-electron chi connectivity index (χ2n) is 4.87. The van der Waals surface area contributed by atoms with Crippen LogP contribution >= 0.6 is 11.5 Å². The molecule has 0 aliphatic rings. The summed E-state index contributed by atoms with van der Waals surface area (Å²) in [5, 5.41) is 4.18. The molecule has 0 radical (unpaired) electrons. The number of rotatable bonds is 6. The molecule has 3 N–H and O–H groups in total. The summed E-state index contributed by atoms with van der Waals surface area (Å²) in [6.45, 7) is 8.72. The number of hydrogen-bond acceptors (Lipinski definition) is 5. The lowest BCUT2D eigenvalue weighted by Crippen LogP contribution is -2.28. The zero-order valence-electron chi connectivity index (χ0n) is 10.5. The summed E-state index contributed by atoms with van der Waals surface area (Å²) in [6, 6.07) is 0.194. The van der Waals surface area contributed by atoms with E-state index in [0.29, 0.717) is 11.8 Å². The van der Waals surface area contributed by atoms with E-state index in [0.717, 1.165) is 18.5 Å². The average molecular weight is 242 g/mol. The summed E-state index contributed by atoms with van der Waals surface area (Å²) in [6.07, 6.45) is 2.20. The summed E-state index contributed by atoms with van der Waals surface area (Å²) >= 11 is 1.46. The van der Waals surface area contributed by atoms with Gasteiger partial charge in [0.1, 0.15) is 0 Å². The fraction of sp³-hybridized carbons (Fsp3) is 0.818. The van der Waals surface area contributed by atoms with Gasteiger partial charge in [0.15, 0.2) is 0 Å². The molecule has 0 saturated heterocycles. The van der Waals surface area contributed by atoms with Gasteiger partial charge in [-0.3, -0.25) is 11.3 Å². The number of aromatic nitrogens is 2. The summed E-state index contributed by atoms with van der Waals surface area (Å²) in [7, 11) is 0. The lowest BCUT2D eigenvalue weighted by Gasteiger charge is -2.17. The van der Waals surface area contributed by atoms with Crippen LogP contribution in [0.3, 0.4) is 0 Å². The Morgan fingerprint density at radius 1 is 1.25 bits per heavy atom. The molecule has 1 heterocycles. The van der Waals surface area contributed by atoms with Crippen LogP contribution in [0.15, 0.2) is 0 Å². The number of hydrogen-bond donors (Lipinski definition) is 2. The molecule has 0 saturated carbocycles. The molecule has 0 spiro atoms. The summed E-state index contributed by atoms with van der Waals surface area (Å²) in [4.78, 5) is 1.19. The van der Waals surface area contributed by atoms with Gasteiger partial charge in [-0.15, -0.1) is 5.10 Å². The average Bonchev–Trinajstić information content (AvgIpc) is 2.67. The van der Waals surface area contributed by atoms with Crippen molar-refractivity contribution in [3.63, 3.8) is 0 Å². The maximum absolute atomic E-state index is 5.62. The van der Waals surface area contributed by atoms with E-state index in [4.69, 9.17) is 5.84 Å². The number of hydrazine groups is 1. The van der Waals surface area contributed by atoms with Crippen LogP contribution in [0.1, 0.15) is 63.1 Å². The van der Waals surface area contributed by atoms with Gasteiger partial charge in [-0.1, -0.05) is 32.2 Å². The fourth-order valence-corrected chi connectivity index (χ4v) is 2.54. The van der Waals surface area contributed by atoms with Crippen LogP contribution in [0.2, 0.25) is 0 Å². The minimum atomic E-state index is 0.194. The highest BCUT2D eigenvalue weighted by Crippen LogP contribution is 2.29. The highest BCUT2D eigenvalue weighted by atomic mass is 32.1. The van der Waals surface area contributed by atoms with Crippen molar-refractivity contribution >= 4 is 11.5 Å². The SMILES string of the molecule is CC(C)CCC(NN)c1snnc1C(C)C. The second kappa shape index (κ2) is 6.27. The molecular formula is C11H22N4S. The predicted octanol–water partition coefficient (Wildman–Crippen LogP) is 2.60. The van der Waals surface area contributed by atoms with Gasteiger partial charge in [0.2, 0.25) is 0 Å². The zero-order valence-corrected chi connectivity index (χ0v) is 11.3. The molecule has 92 valence electrons. The van der Waals surface area contributed by atoms with Gasteiger partial charge in [0.05, 0.1) is 16.6 Å². The highest BCUT2D eigenvalue weighted by molar-refractivity contribution is 7.05. The van der Waals surface area contributed by atoms with Crippen LogP contribution in [0.5, 0.6) is 0 Å². The third kappa shape index (κ3) is 3.50. The standard InChI is InChI=1S/C11H22N4S/c1-7(2)5-6-9(13-12)11-10(8(3)4)14-15-16-11/h7-9,13H,5-6,12H2,1-4H3. The molecule has 0 aromatic carbocycles. The van der Waals surface area contributed by atoms with Crippen molar-refractivity contribution in [3.8, 4) is 0 Å². The van der Waals surface area contributed by atoms with Gasteiger partial charge in [0, 0.05) is 0 Å². The van der Waals surface area contributed by atoms with Crippen LogP contribution in [-0.2, 0) is 0 Å². The van der Waals surface area contributed by atoms with E-state index in [2.05, 4.69) is 42.7 Å². The van der Waals surface area contributed by atoms with Crippen molar-refractivity contribution in [1.29, 1.82) is 0 Å². The van der Waals surface area contributed by atoms with E-state index >= 15 is 0 Å². The molecule has 16 heavy (non-hydrogen) atoms. The van der Waals surface area contributed by atoms with Crippen LogP contribution < -0.4 is 11.3 Å². The molecule has 1 rings (SSSR count). The van der Waals surface area contributed by atoms with Crippen molar-refractivity contribution in [3.05, 3.63) is 10.6 Å². The number of nitrogens with two attached hydrogens (primary N) is 1. The third-order valence-corrected chi connectivity index (χ3v) is 3.49.